The minimum atomic E-state index is -0.719. The van der Waals surface area contributed by atoms with Crippen LogP contribution in [0.3, 0.4) is 0 Å². The molecule has 0 bridgehead atoms. The van der Waals surface area contributed by atoms with Gasteiger partial charge in [0.05, 0.1) is 19.3 Å². The van der Waals surface area contributed by atoms with Gasteiger partial charge in [0.25, 0.3) is 0 Å². The second-order valence-electron chi connectivity index (χ2n) is 6.96. The molecule has 0 saturated heterocycles. The zero-order chi connectivity index (χ0) is 18.7. The molecule has 0 radical (unpaired) electrons. The third-order valence-corrected chi connectivity index (χ3v) is 8.88. The zero-order valence-corrected chi connectivity index (χ0v) is 20.8. The number of rotatable bonds is 7. The third-order valence-electron chi connectivity index (χ3n) is 4.71. The summed E-state index contributed by atoms with van der Waals surface area (Å²) in [5.74, 6) is 1.49. The lowest BCUT2D eigenvalue weighted by molar-refractivity contribution is 0.0181. The molecule has 26 heavy (non-hydrogen) atoms. The minimum Gasteiger partial charge on any atom is -0.493 e. The van der Waals surface area contributed by atoms with Crippen LogP contribution in [-0.2, 0) is 11.3 Å². The molecule has 144 valence electrons. The molecule has 1 aliphatic carbocycles. The summed E-state index contributed by atoms with van der Waals surface area (Å²) in [6, 6.07) is 5.78. The van der Waals surface area contributed by atoms with Crippen molar-refractivity contribution in [1.82, 2.24) is 4.90 Å². The molecule has 1 fully saturated rings. The first-order chi connectivity index (χ1) is 12.5. The Labute approximate surface area is 195 Å². The van der Waals surface area contributed by atoms with Crippen LogP contribution in [0.2, 0.25) is 0 Å². The average Bonchev–Trinajstić information content (AvgIpc) is 3.49. The molecule has 1 aromatic carbocycles. The van der Waals surface area contributed by atoms with Crippen LogP contribution in [0.1, 0.15) is 30.1 Å². The summed E-state index contributed by atoms with van der Waals surface area (Å²) in [4.78, 5) is 14.2. The lowest BCUT2D eigenvalue weighted by atomic mass is 9.97. The Morgan fingerprint density at radius 1 is 1.23 bits per heavy atom. The second kappa shape index (κ2) is 9.29. The van der Waals surface area contributed by atoms with Crippen molar-refractivity contribution in [2.45, 2.75) is 31.1 Å². The van der Waals surface area contributed by atoms with Gasteiger partial charge in [-0.2, -0.15) is 0 Å². The van der Waals surface area contributed by atoms with Crippen LogP contribution in [0.25, 0.3) is 0 Å². The van der Waals surface area contributed by atoms with E-state index in [-0.39, 0.29) is 12.6 Å². The van der Waals surface area contributed by atoms with E-state index in [1.54, 1.807) is 4.90 Å². The second-order valence-corrected chi connectivity index (χ2v) is 9.25. The monoisotopic (exact) mass is 697 g/mol. The molecular weight excluding hydrogens is 675 g/mol. The highest BCUT2D eigenvalue weighted by Gasteiger charge is 2.35. The van der Waals surface area contributed by atoms with Crippen LogP contribution in [0, 0.1) is 5.92 Å². The largest absolute Gasteiger partial charge is 0.493 e. The van der Waals surface area contributed by atoms with E-state index >= 15 is 0 Å². The first-order valence-corrected chi connectivity index (χ1v) is 13.2. The van der Waals surface area contributed by atoms with Gasteiger partial charge in [0, 0.05) is 19.8 Å². The summed E-state index contributed by atoms with van der Waals surface area (Å²) >= 11 is 6.79. The van der Waals surface area contributed by atoms with E-state index < -0.39 is 11.7 Å². The van der Waals surface area contributed by atoms with E-state index in [4.69, 9.17) is 9.47 Å². The number of fused-ring (bicyclic) bond motifs is 1. The highest BCUT2D eigenvalue weighted by Crippen LogP contribution is 2.33. The maximum absolute atomic E-state index is 12.7. The van der Waals surface area contributed by atoms with Gasteiger partial charge in [-0.05, 0) is 42.0 Å². The summed E-state index contributed by atoms with van der Waals surface area (Å²) in [7, 11) is 0. The molecule has 1 amide bonds. The van der Waals surface area contributed by atoms with E-state index in [9.17, 15) is 9.90 Å². The molecule has 1 N–H and O–H groups in total. The molecule has 0 aromatic heterocycles. The summed E-state index contributed by atoms with van der Waals surface area (Å²) in [6.07, 6.45) is 1.42. The number of aliphatic hydroxyl groups is 1. The predicted molar refractivity (Wildman–Crippen MR) is 126 cm³/mol. The van der Waals surface area contributed by atoms with Crippen LogP contribution >= 0.6 is 67.8 Å². The van der Waals surface area contributed by atoms with Crippen LogP contribution in [-0.4, -0.2) is 48.1 Å². The molecule has 1 aliphatic heterocycles. The van der Waals surface area contributed by atoms with E-state index in [2.05, 4.69) is 67.8 Å². The van der Waals surface area contributed by atoms with Gasteiger partial charge in [0.1, 0.15) is 11.4 Å². The van der Waals surface area contributed by atoms with Gasteiger partial charge in [0.15, 0.2) is 0 Å². The maximum Gasteiger partial charge on any atom is 0.410 e. The summed E-state index contributed by atoms with van der Waals surface area (Å²) in [6.45, 7) is 1.45. The number of carbonyl (C=O) groups is 1. The Bertz CT molecular complexity index is 641. The molecule has 5 nitrogen and oxygen atoms in total. The number of aliphatic hydroxyl groups excluding tert-OH is 1. The number of nitrogens with zero attached hydrogens (tertiary/aromatic N) is 1. The van der Waals surface area contributed by atoms with Crippen molar-refractivity contribution >= 4 is 73.9 Å². The van der Waals surface area contributed by atoms with Crippen LogP contribution in [0.15, 0.2) is 18.2 Å². The fourth-order valence-corrected chi connectivity index (χ4v) is 7.95. The van der Waals surface area contributed by atoms with Crippen molar-refractivity contribution in [3.05, 3.63) is 29.3 Å². The number of alkyl halides is 3. The van der Waals surface area contributed by atoms with Crippen molar-refractivity contribution in [3.8, 4) is 5.75 Å². The average molecular weight is 697 g/mol. The van der Waals surface area contributed by atoms with Gasteiger partial charge in [-0.3, -0.25) is 0 Å². The smallest absolute Gasteiger partial charge is 0.410 e. The van der Waals surface area contributed by atoms with E-state index in [1.807, 2.05) is 18.2 Å². The summed E-state index contributed by atoms with van der Waals surface area (Å²) in [5, 5.41) is 10.6. The van der Waals surface area contributed by atoms with Gasteiger partial charge >= 0.3 is 6.09 Å². The SMILES string of the molecule is O=C(OC(CI)(CI)CI)N1Cc2ccc(OCC3CC3)cc2C(O)C1. The van der Waals surface area contributed by atoms with Crippen molar-refractivity contribution in [2.75, 3.05) is 26.4 Å². The molecule has 1 atom stereocenters. The number of ether oxygens (including phenoxy) is 2. The van der Waals surface area contributed by atoms with Gasteiger partial charge in [-0.1, -0.05) is 73.8 Å². The first-order valence-electron chi connectivity index (χ1n) is 8.60. The topological polar surface area (TPSA) is 59.0 Å². The van der Waals surface area contributed by atoms with Crippen LogP contribution in [0.5, 0.6) is 5.75 Å². The number of benzene rings is 1. The van der Waals surface area contributed by atoms with Crippen molar-refractivity contribution in [2.24, 2.45) is 5.92 Å². The van der Waals surface area contributed by atoms with Crippen molar-refractivity contribution < 1.29 is 19.4 Å². The Morgan fingerprint density at radius 3 is 2.54 bits per heavy atom. The lowest BCUT2D eigenvalue weighted by Gasteiger charge is -2.35. The molecule has 1 heterocycles. The standard InChI is InChI=1S/C18H22I3NO4/c19-9-18(10-20,11-21)26-17(24)22-6-13-3-4-14(25-8-12-1-2-12)5-15(13)16(23)7-22/h3-5,12,16,23H,1-2,6-11H2. The highest BCUT2D eigenvalue weighted by atomic mass is 127. The predicted octanol–water partition coefficient (Wildman–Crippen LogP) is 4.50. The number of halogens is 3. The van der Waals surface area contributed by atoms with Gasteiger partial charge in [0.2, 0.25) is 0 Å². The number of hydrogen-bond donors (Lipinski definition) is 1. The molecule has 1 aromatic rings. The Morgan fingerprint density at radius 2 is 1.92 bits per heavy atom. The molecule has 0 spiro atoms. The Balaban J connectivity index is 1.67. The number of amides is 1. The molecular formula is C18H22I3NO4. The lowest BCUT2D eigenvalue weighted by Crippen LogP contribution is -2.47. The highest BCUT2D eigenvalue weighted by molar-refractivity contribution is 14.1. The minimum absolute atomic E-state index is 0.248. The Hall–Kier alpha value is 0.440. The van der Waals surface area contributed by atoms with Crippen molar-refractivity contribution in [1.29, 1.82) is 0 Å². The van der Waals surface area contributed by atoms with Crippen molar-refractivity contribution in [3.63, 3.8) is 0 Å². The number of carbonyl (C=O) groups excluding carboxylic acids is 1. The quantitative estimate of drug-likeness (QED) is 0.337. The first kappa shape index (κ1) is 21.2. The fourth-order valence-electron chi connectivity index (χ4n) is 2.77. The third kappa shape index (κ3) is 5.07. The summed E-state index contributed by atoms with van der Waals surface area (Å²) < 4.78 is 13.9. The molecule has 3 rings (SSSR count). The van der Waals surface area contributed by atoms with Crippen LogP contribution in [0.4, 0.5) is 4.79 Å². The van der Waals surface area contributed by atoms with Crippen LogP contribution < -0.4 is 4.74 Å². The number of β-amino-alcohol motifs (C(OH)–C–C–N with tert-alkyl or cyclic N) is 1. The van der Waals surface area contributed by atoms with Gasteiger partial charge in [-0.25, -0.2) is 4.79 Å². The van der Waals surface area contributed by atoms with E-state index in [0.717, 1.165) is 36.8 Å². The molecule has 2 aliphatic rings. The van der Waals surface area contributed by atoms with E-state index in [0.29, 0.717) is 12.5 Å². The van der Waals surface area contributed by atoms with E-state index in [1.165, 1.54) is 12.8 Å². The fraction of sp³-hybridized carbons (Fsp3) is 0.611. The molecule has 8 heteroatoms. The Kier molecular flexibility index (Phi) is 7.56. The normalized spacial score (nSPS) is 19.8. The zero-order valence-electron chi connectivity index (χ0n) is 14.3. The molecule has 1 saturated carbocycles. The number of hydrogen-bond acceptors (Lipinski definition) is 4. The van der Waals surface area contributed by atoms with Gasteiger partial charge < -0.3 is 19.5 Å². The van der Waals surface area contributed by atoms with Gasteiger partial charge in [-0.15, -0.1) is 0 Å². The summed E-state index contributed by atoms with van der Waals surface area (Å²) in [5.41, 5.74) is 1.35. The molecule has 1 unspecified atom stereocenters. The maximum atomic E-state index is 12.7.